The van der Waals surface area contributed by atoms with E-state index in [9.17, 15) is 13.2 Å². The van der Waals surface area contributed by atoms with Crippen LogP contribution in [0, 0.1) is 0 Å². The highest BCUT2D eigenvalue weighted by Crippen LogP contribution is 2.29. The van der Waals surface area contributed by atoms with E-state index in [2.05, 4.69) is 20.8 Å². The van der Waals surface area contributed by atoms with Gasteiger partial charge >= 0.3 is 11.5 Å². The van der Waals surface area contributed by atoms with Crippen molar-refractivity contribution in [3.63, 3.8) is 0 Å². The minimum atomic E-state index is -4.21. The standard InChI is InChI=1S/C8H13F3N4OS/c1-5(12-2)6-14-15-7(16-6)13-3-4-17-8(9,10)11/h5,12H,3-4H2,1-2H3,(H,13,15). The molecule has 9 heteroatoms. The second-order valence-corrected chi connectivity index (χ2v) is 4.34. The van der Waals surface area contributed by atoms with Gasteiger partial charge < -0.3 is 15.1 Å². The van der Waals surface area contributed by atoms with Crippen LogP contribution in [0.4, 0.5) is 19.2 Å². The zero-order valence-corrected chi connectivity index (χ0v) is 10.2. The fourth-order valence-corrected chi connectivity index (χ4v) is 1.36. The number of nitrogens with zero attached hydrogens (tertiary/aromatic N) is 2. The van der Waals surface area contributed by atoms with E-state index in [0.717, 1.165) is 0 Å². The third-order valence-electron chi connectivity index (χ3n) is 1.89. The molecule has 17 heavy (non-hydrogen) atoms. The summed E-state index contributed by atoms with van der Waals surface area (Å²) in [6, 6.07) is 0.0347. The SMILES string of the molecule is CNC(C)c1nnc(NCCSC(F)(F)F)o1. The summed E-state index contributed by atoms with van der Waals surface area (Å²) in [7, 11) is 1.74. The summed E-state index contributed by atoms with van der Waals surface area (Å²) in [6.45, 7) is 1.94. The van der Waals surface area contributed by atoms with E-state index >= 15 is 0 Å². The minimum absolute atomic E-state index is 0.0943. The molecule has 1 heterocycles. The van der Waals surface area contributed by atoms with Crippen LogP contribution in [-0.2, 0) is 0 Å². The van der Waals surface area contributed by atoms with Gasteiger partial charge in [0.25, 0.3) is 0 Å². The van der Waals surface area contributed by atoms with Gasteiger partial charge in [-0.3, -0.25) is 0 Å². The number of halogens is 3. The van der Waals surface area contributed by atoms with Crippen molar-refractivity contribution in [3.05, 3.63) is 5.89 Å². The van der Waals surface area contributed by atoms with Crippen LogP contribution in [0.2, 0.25) is 0 Å². The molecule has 0 radical (unpaired) electrons. The van der Waals surface area contributed by atoms with Crippen LogP contribution in [0.3, 0.4) is 0 Å². The van der Waals surface area contributed by atoms with Gasteiger partial charge in [0.1, 0.15) is 0 Å². The molecular formula is C8H13F3N4OS. The van der Waals surface area contributed by atoms with E-state index in [1.165, 1.54) is 0 Å². The van der Waals surface area contributed by atoms with Crippen molar-refractivity contribution in [2.24, 2.45) is 0 Å². The van der Waals surface area contributed by atoms with Crippen molar-refractivity contribution >= 4 is 17.8 Å². The van der Waals surface area contributed by atoms with Gasteiger partial charge in [0.05, 0.1) is 6.04 Å². The van der Waals surface area contributed by atoms with Gasteiger partial charge in [0.15, 0.2) is 0 Å². The Labute approximate surface area is 101 Å². The molecule has 1 unspecified atom stereocenters. The van der Waals surface area contributed by atoms with E-state index in [1.54, 1.807) is 7.05 Å². The van der Waals surface area contributed by atoms with Crippen LogP contribution in [0.15, 0.2) is 4.42 Å². The number of hydrogen-bond acceptors (Lipinski definition) is 6. The van der Waals surface area contributed by atoms with E-state index in [1.807, 2.05) is 6.92 Å². The monoisotopic (exact) mass is 270 g/mol. The quantitative estimate of drug-likeness (QED) is 0.771. The average Bonchev–Trinajstić information content (AvgIpc) is 2.70. The van der Waals surface area contributed by atoms with Gasteiger partial charge in [-0.15, -0.1) is 5.10 Å². The molecule has 0 aromatic carbocycles. The first-order valence-electron chi connectivity index (χ1n) is 4.87. The molecule has 2 N–H and O–H groups in total. The van der Waals surface area contributed by atoms with Crippen molar-refractivity contribution in [2.75, 3.05) is 24.7 Å². The average molecular weight is 270 g/mol. The topological polar surface area (TPSA) is 63.0 Å². The highest BCUT2D eigenvalue weighted by atomic mass is 32.2. The predicted octanol–water partition coefficient (Wildman–Crippen LogP) is 2.01. The summed E-state index contributed by atoms with van der Waals surface area (Å²) < 4.78 is 40.6. The summed E-state index contributed by atoms with van der Waals surface area (Å²) in [4.78, 5) is 0. The van der Waals surface area contributed by atoms with Crippen LogP contribution in [-0.4, -0.2) is 35.1 Å². The van der Waals surface area contributed by atoms with Crippen molar-refractivity contribution in [1.82, 2.24) is 15.5 Å². The van der Waals surface area contributed by atoms with E-state index < -0.39 is 5.51 Å². The molecule has 0 aliphatic carbocycles. The third kappa shape index (κ3) is 5.26. The zero-order chi connectivity index (χ0) is 12.9. The molecule has 98 valence electrons. The van der Waals surface area contributed by atoms with Crippen molar-refractivity contribution in [2.45, 2.75) is 18.5 Å². The summed E-state index contributed by atoms with van der Waals surface area (Å²) in [5.41, 5.74) is -4.21. The molecule has 0 aliphatic heterocycles. The van der Waals surface area contributed by atoms with Crippen molar-refractivity contribution in [3.8, 4) is 0 Å². The van der Waals surface area contributed by atoms with Gasteiger partial charge in [0, 0.05) is 12.3 Å². The number of hydrogen-bond donors (Lipinski definition) is 2. The van der Waals surface area contributed by atoms with Crippen LogP contribution < -0.4 is 10.6 Å². The maximum absolute atomic E-state index is 11.8. The lowest BCUT2D eigenvalue weighted by molar-refractivity contribution is -0.0327. The van der Waals surface area contributed by atoms with E-state index in [0.29, 0.717) is 5.89 Å². The number of thioether (sulfide) groups is 1. The van der Waals surface area contributed by atoms with Crippen molar-refractivity contribution < 1.29 is 17.6 Å². The zero-order valence-electron chi connectivity index (χ0n) is 9.34. The molecular weight excluding hydrogens is 257 g/mol. The largest absolute Gasteiger partial charge is 0.441 e. The second kappa shape index (κ2) is 6.10. The van der Waals surface area contributed by atoms with Gasteiger partial charge in [-0.1, -0.05) is 5.10 Å². The van der Waals surface area contributed by atoms with E-state index in [4.69, 9.17) is 4.42 Å². The second-order valence-electron chi connectivity index (χ2n) is 3.18. The summed E-state index contributed by atoms with van der Waals surface area (Å²) >= 11 is -0.0943. The van der Waals surface area contributed by atoms with Gasteiger partial charge in [0.2, 0.25) is 5.89 Å². The summed E-state index contributed by atoms with van der Waals surface area (Å²) in [5, 5.41) is 12.9. The fourth-order valence-electron chi connectivity index (χ4n) is 0.929. The first kappa shape index (κ1) is 14.1. The molecule has 0 aliphatic rings. The third-order valence-corrected chi connectivity index (χ3v) is 2.62. The Balaban J connectivity index is 2.30. The number of rotatable bonds is 6. The lowest BCUT2D eigenvalue weighted by atomic mass is 10.3. The number of alkyl halides is 3. The predicted molar refractivity (Wildman–Crippen MR) is 58.8 cm³/mol. The van der Waals surface area contributed by atoms with Crippen LogP contribution >= 0.6 is 11.8 Å². The summed E-state index contributed by atoms with van der Waals surface area (Å²) in [5.74, 6) is 0.279. The molecule has 0 amide bonds. The molecule has 1 rings (SSSR count). The van der Waals surface area contributed by atoms with Crippen LogP contribution in [0.5, 0.6) is 0 Å². The number of anilines is 1. The minimum Gasteiger partial charge on any atom is -0.406 e. The Kier molecular flexibility index (Phi) is 5.06. The normalized spacial score (nSPS) is 13.7. The molecule has 0 fully saturated rings. The molecule has 5 nitrogen and oxygen atoms in total. The fraction of sp³-hybridized carbons (Fsp3) is 0.750. The Morgan fingerprint density at radius 3 is 2.71 bits per heavy atom. The maximum atomic E-state index is 11.8. The van der Waals surface area contributed by atoms with Crippen molar-refractivity contribution in [1.29, 1.82) is 0 Å². The molecule has 1 atom stereocenters. The first-order valence-corrected chi connectivity index (χ1v) is 5.86. The molecule has 0 bridgehead atoms. The Morgan fingerprint density at radius 1 is 1.41 bits per heavy atom. The van der Waals surface area contributed by atoms with Crippen LogP contribution in [0.1, 0.15) is 18.9 Å². The highest BCUT2D eigenvalue weighted by Gasteiger charge is 2.27. The van der Waals surface area contributed by atoms with Crippen LogP contribution in [0.25, 0.3) is 0 Å². The Morgan fingerprint density at radius 2 is 2.12 bits per heavy atom. The first-order chi connectivity index (χ1) is 7.92. The lowest BCUT2D eigenvalue weighted by Crippen LogP contribution is -2.12. The Hall–Kier alpha value is -0.960. The summed E-state index contributed by atoms with van der Waals surface area (Å²) in [6.07, 6.45) is 0. The highest BCUT2D eigenvalue weighted by molar-refractivity contribution is 8.00. The lowest BCUT2D eigenvalue weighted by Gasteiger charge is -2.05. The van der Waals surface area contributed by atoms with E-state index in [-0.39, 0.29) is 36.1 Å². The smallest absolute Gasteiger partial charge is 0.406 e. The molecule has 1 aromatic heterocycles. The van der Waals surface area contributed by atoms with Gasteiger partial charge in [-0.25, -0.2) is 0 Å². The molecule has 1 aromatic rings. The number of nitrogens with one attached hydrogen (secondary N) is 2. The maximum Gasteiger partial charge on any atom is 0.441 e. The number of aromatic nitrogens is 2. The molecule has 0 saturated heterocycles. The molecule has 0 saturated carbocycles. The van der Waals surface area contributed by atoms with Gasteiger partial charge in [-0.05, 0) is 25.7 Å². The van der Waals surface area contributed by atoms with Gasteiger partial charge in [-0.2, -0.15) is 13.2 Å². The Bertz CT molecular complexity index is 344. The molecule has 0 spiro atoms.